The van der Waals surface area contributed by atoms with Crippen LogP contribution in [0, 0.1) is 27.7 Å². The smallest absolute Gasteiger partial charge is 0.167 e. The van der Waals surface area contributed by atoms with Gasteiger partial charge < -0.3 is 5.11 Å². The van der Waals surface area contributed by atoms with Gasteiger partial charge in [-0.15, -0.1) is 0 Å². The van der Waals surface area contributed by atoms with Crippen molar-refractivity contribution in [1.82, 2.24) is 15.0 Å². The number of aromatic hydroxyl groups is 1. The number of aromatic nitrogens is 3. The molecule has 4 aromatic rings. The van der Waals surface area contributed by atoms with Gasteiger partial charge in [0.05, 0.1) is 5.56 Å². The molecule has 0 amide bonds. The summed E-state index contributed by atoms with van der Waals surface area (Å²) >= 11 is 0. The molecule has 0 bridgehead atoms. The number of hydrogen-bond donors (Lipinski definition) is 1. The van der Waals surface area contributed by atoms with Gasteiger partial charge in [0.2, 0.25) is 0 Å². The molecule has 4 rings (SSSR count). The van der Waals surface area contributed by atoms with Crippen LogP contribution in [0.3, 0.4) is 0 Å². The molecule has 0 fully saturated rings. The van der Waals surface area contributed by atoms with Crippen LogP contribution in [-0.4, -0.2) is 20.1 Å². The zero-order valence-electron chi connectivity index (χ0n) is 25.8. The van der Waals surface area contributed by atoms with Crippen molar-refractivity contribution in [1.29, 1.82) is 0 Å². The highest BCUT2D eigenvalue weighted by Crippen LogP contribution is 2.33. The third-order valence-electron chi connectivity index (χ3n) is 8.00. The van der Waals surface area contributed by atoms with Crippen LogP contribution in [0.25, 0.3) is 34.2 Å². The minimum atomic E-state index is 0.221. The standard InChI is InChI=1S/C37H47N3O/c1-6-7-8-9-10-11-12-13-14-15-16-30-19-22-33(34(41)25-30)37-39-35(31-20-17-26(2)23-28(31)4)38-36(40-37)32-21-18-27(3)24-29(32)5/h17-25,41H,6-16H2,1-5H3. The van der Waals surface area contributed by atoms with Crippen molar-refractivity contribution in [2.45, 2.75) is 105 Å². The number of benzene rings is 3. The van der Waals surface area contributed by atoms with Gasteiger partial charge in [-0.3, -0.25) is 0 Å². The van der Waals surface area contributed by atoms with E-state index in [0.717, 1.165) is 40.7 Å². The summed E-state index contributed by atoms with van der Waals surface area (Å²) in [6.45, 7) is 10.6. The Morgan fingerprint density at radius 2 is 0.951 bits per heavy atom. The highest BCUT2D eigenvalue weighted by Gasteiger charge is 2.17. The van der Waals surface area contributed by atoms with Crippen LogP contribution in [0.4, 0.5) is 0 Å². The third kappa shape index (κ3) is 8.48. The molecule has 4 nitrogen and oxygen atoms in total. The van der Waals surface area contributed by atoms with E-state index in [1.54, 1.807) is 0 Å². The van der Waals surface area contributed by atoms with Gasteiger partial charge in [0.15, 0.2) is 17.5 Å². The van der Waals surface area contributed by atoms with Gasteiger partial charge in [-0.1, -0.05) is 118 Å². The van der Waals surface area contributed by atoms with Crippen LogP contribution in [0.15, 0.2) is 54.6 Å². The van der Waals surface area contributed by atoms with E-state index in [0.29, 0.717) is 23.0 Å². The largest absolute Gasteiger partial charge is 0.507 e. The lowest BCUT2D eigenvalue weighted by Crippen LogP contribution is -2.02. The fourth-order valence-electron chi connectivity index (χ4n) is 5.60. The van der Waals surface area contributed by atoms with E-state index in [1.807, 2.05) is 12.1 Å². The molecule has 0 aliphatic carbocycles. The first kappa shape index (κ1) is 30.4. The van der Waals surface area contributed by atoms with Gasteiger partial charge in [-0.05, 0) is 69.4 Å². The normalized spacial score (nSPS) is 11.2. The zero-order valence-corrected chi connectivity index (χ0v) is 25.8. The van der Waals surface area contributed by atoms with Crippen LogP contribution in [-0.2, 0) is 6.42 Å². The Morgan fingerprint density at radius 1 is 0.512 bits per heavy atom. The SMILES string of the molecule is CCCCCCCCCCCCc1ccc(-c2nc(-c3ccc(C)cc3C)nc(-c3ccc(C)cc3C)n2)c(O)c1. The number of phenols is 1. The van der Waals surface area contributed by atoms with E-state index in [-0.39, 0.29) is 5.75 Å². The first-order valence-electron chi connectivity index (χ1n) is 15.6. The highest BCUT2D eigenvalue weighted by molar-refractivity contribution is 5.72. The Labute approximate surface area is 247 Å². The topological polar surface area (TPSA) is 58.9 Å². The lowest BCUT2D eigenvalue weighted by Gasteiger charge is -2.13. The summed E-state index contributed by atoms with van der Waals surface area (Å²) in [4.78, 5) is 14.7. The number of rotatable bonds is 14. The van der Waals surface area contributed by atoms with Crippen molar-refractivity contribution in [2.24, 2.45) is 0 Å². The Kier molecular flexibility index (Phi) is 11.1. The maximum absolute atomic E-state index is 11.1. The lowest BCUT2D eigenvalue weighted by molar-refractivity contribution is 0.476. The van der Waals surface area contributed by atoms with Gasteiger partial charge >= 0.3 is 0 Å². The summed E-state index contributed by atoms with van der Waals surface area (Å²) in [5, 5.41) is 11.1. The maximum Gasteiger partial charge on any atom is 0.167 e. The Balaban J connectivity index is 1.51. The predicted molar refractivity (Wildman–Crippen MR) is 172 cm³/mol. The molecule has 0 saturated carbocycles. The van der Waals surface area contributed by atoms with Gasteiger partial charge in [0.25, 0.3) is 0 Å². The second-order valence-corrected chi connectivity index (χ2v) is 11.7. The molecule has 41 heavy (non-hydrogen) atoms. The average molecular weight is 550 g/mol. The van der Waals surface area contributed by atoms with Crippen molar-refractivity contribution in [3.63, 3.8) is 0 Å². The molecule has 1 N–H and O–H groups in total. The van der Waals surface area contributed by atoms with Gasteiger partial charge in [-0.2, -0.15) is 0 Å². The molecule has 0 spiro atoms. The molecule has 0 saturated heterocycles. The monoisotopic (exact) mass is 549 g/mol. The molecule has 4 heteroatoms. The molecule has 216 valence electrons. The van der Waals surface area contributed by atoms with Gasteiger partial charge in [0.1, 0.15) is 5.75 Å². The number of phenolic OH excluding ortho intramolecular Hbond substituents is 1. The molecule has 0 radical (unpaired) electrons. The Bertz CT molecular complexity index is 1370. The van der Waals surface area contributed by atoms with E-state index < -0.39 is 0 Å². The Hall–Kier alpha value is -3.53. The molecule has 1 aromatic heterocycles. The minimum Gasteiger partial charge on any atom is -0.507 e. The Morgan fingerprint density at radius 3 is 1.41 bits per heavy atom. The summed E-state index contributed by atoms with van der Waals surface area (Å²) in [7, 11) is 0. The van der Waals surface area contributed by atoms with E-state index >= 15 is 0 Å². The molecule has 0 aliphatic rings. The molecule has 3 aromatic carbocycles. The van der Waals surface area contributed by atoms with E-state index in [4.69, 9.17) is 15.0 Å². The number of unbranched alkanes of at least 4 members (excludes halogenated alkanes) is 9. The van der Waals surface area contributed by atoms with Gasteiger partial charge in [0, 0.05) is 11.1 Å². The van der Waals surface area contributed by atoms with Crippen LogP contribution in [0.5, 0.6) is 5.75 Å². The van der Waals surface area contributed by atoms with Crippen molar-refractivity contribution in [3.8, 4) is 39.9 Å². The second-order valence-electron chi connectivity index (χ2n) is 11.7. The average Bonchev–Trinajstić information content (AvgIpc) is 2.94. The van der Waals surface area contributed by atoms with Gasteiger partial charge in [-0.25, -0.2) is 15.0 Å². The van der Waals surface area contributed by atoms with E-state index in [9.17, 15) is 5.11 Å². The summed E-state index contributed by atoms with van der Waals surface area (Å²) in [5.41, 5.74) is 8.37. The second kappa shape index (κ2) is 14.9. The zero-order chi connectivity index (χ0) is 29.2. The quantitative estimate of drug-likeness (QED) is 0.159. The van der Waals surface area contributed by atoms with Crippen LogP contribution in [0.1, 0.15) is 98.9 Å². The highest BCUT2D eigenvalue weighted by atomic mass is 16.3. The number of nitrogens with zero attached hydrogens (tertiary/aromatic N) is 3. The molecular formula is C37H47N3O. The summed E-state index contributed by atoms with van der Waals surface area (Å²) < 4.78 is 0. The van der Waals surface area contributed by atoms with E-state index in [1.165, 1.54) is 68.9 Å². The molecule has 0 atom stereocenters. The lowest BCUT2D eigenvalue weighted by atomic mass is 10.0. The summed E-state index contributed by atoms with van der Waals surface area (Å²) in [6.07, 6.45) is 14.2. The third-order valence-corrected chi connectivity index (χ3v) is 8.00. The fourth-order valence-corrected chi connectivity index (χ4v) is 5.60. The summed E-state index contributed by atoms with van der Waals surface area (Å²) in [5.74, 6) is 1.96. The summed E-state index contributed by atoms with van der Waals surface area (Å²) in [6, 6.07) is 18.6. The molecular weight excluding hydrogens is 502 g/mol. The molecule has 1 heterocycles. The number of hydrogen-bond acceptors (Lipinski definition) is 4. The number of aryl methyl sites for hydroxylation is 5. The maximum atomic E-state index is 11.1. The minimum absolute atomic E-state index is 0.221. The van der Waals surface area contributed by atoms with Crippen molar-refractivity contribution in [3.05, 3.63) is 82.4 Å². The molecule has 0 aliphatic heterocycles. The molecule has 0 unspecified atom stereocenters. The van der Waals surface area contributed by atoms with E-state index in [2.05, 4.69) is 77.1 Å². The first-order chi connectivity index (χ1) is 19.9. The predicted octanol–water partition coefficient (Wildman–Crippen LogP) is 10.3. The van der Waals surface area contributed by atoms with Crippen molar-refractivity contribution >= 4 is 0 Å². The van der Waals surface area contributed by atoms with Crippen LogP contribution >= 0.6 is 0 Å². The van der Waals surface area contributed by atoms with Crippen LogP contribution < -0.4 is 0 Å². The van der Waals surface area contributed by atoms with Crippen molar-refractivity contribution < 1.29 is 5.11 Å². The van der Waals surface area contributed by atoms with Crippen molar-refractivity contribution in [2.75, 3.05) is 0 Å². The first-order valence-corrected chi connectivity index (χ1v) is 15.6. The fraction of sp³-hybridized carbons (Fsp3) is 0.432. The van der Waals surface area contributed by atoms with Crippen LogP contribution in [0.2, 0.25) is 0 Å².